The van der Waals surface area contributed by atoms with Gasteiger partial charge in [-0.25, -0.2) is 5.48 Å². The van der Waals surface area contributed by atoms with E-state index in [1.165, 1.54) is 0 Å². The summed E-state index contributed by atoms with van der Waals surface area (Å²) in [6.45, 7) is 8.59. The van der Waals surface area contributed by atoms with Gasteiger partial charge in [0.25, 0.3) is 0 Å². The molecule has 3 N–H and O–H groups in total. The van der Waals surface area contributed by atoms with E-state index in [-0.39, 0.29) is 60.7 Å². The maximum Gasteiger partial charge on any atom is 0.246 e. The number of ketones is 1. The summed E-state index contributed by atoms with van der Waals surface area (Å²) in [7, 11) is 0. The van der Waals surface area contributed by atoms with Crippen molar-refractivity contribution in [1.29, 1.82) is 0 Å². The second-order valence-corrected chi connectivity index (χ2v) is 9.86. The second-order valence-electron chi connectivity index (χ2n) is 9.86. The fourth-order valence-corrected chi connectivity index (χ4v) is 4.04. The van der Waals surface area contributed by atoms with E-state index in [1.807, 2.05) is 20.8 Å². The number of piperidine rings is 1. The van der Waals surface area contributed by atoms with Crippen LogP contribution in [0.3, 0.4) is 0 Å². The van der Waals surface area contributed by atoms with Gasteiger partial charge in [-0.2, -0.15) is 0 Å². The number of likely N-dealkylation sites (tertiary alicyclic amines) is 1. The number of nitrogens with zero attached hydrogens (tertiary/aromatic N) is 1. The number of amides is 4. The van der Waals surface area contributed by atoms with Crippen LogP contribution in [0.5, 0.6) is 0 Å². The van der Waals surface area contributed by atoms with E-state index >= 15 is 0 Å². The number of nitrogens with one attached hydrogen (secondary N) is 3. The van der Waals surface area contributed by atoms with Gasteiger partial charge in [-0.3, -0.25) is 28.8 Å². The molecule has 1 aliphatic rings. The molecule has 0 spiro atoms. The van der Waals surface area contributed by atoms with Crippen molar-refractivity contribution in [1.82, 2.24) is 15.7 Å². The Balaban J connectivity index is 1.68. The van der Waals surface area contributed by atoms with Crippen molar-refractivity contribution >= 4 is 35.1 Å². The summed E-state index contributed by atoms with van der Waals surface area (Å²) in [6, 6.07) is 6.16. The zero-order valence-corrected chi connectivity index (χ0v) is 22.3. The van der Waals surface area contributed by atoms with E-state index in [9.17, 15) is 24.0 Å². The molecule has 0 unspecified atom stereocenters. The molecule has 0 bridgehead atoms. The Kier molecular flexibility index (Phi) is 12.2. The highest BCUT2D eigenvalue weighted by Crippen LogP contribution is 2.20. The van der Waals surface area contributed by atoms with Gasteiger partial charge in [0.1, 0.15) is 11.8 Å². The van der Waals surface area contributed by atoms with E-state index in [1.54, 1.807) is 36.1 Å². The molecule has 0 aromatic heterocycles. The minimum Gasteiger partial charge on any atom is -0.345 e. The Labute approximate surface area is 218 Å². The summed E-state index contributed by atoms with van der Waals surface area (Å²) in [6.07, 6.45) is 2.30. The summed E-state index contributed by atoms with van der Waals surface area (Å²) < 4.78 is 0. The largest absolute Gasteiger partial charge is 0.345 e. The van der Waals surface area contributed by atoms with Crippen LogP contribution in [0.2, 0.25) is 0 Å². The number of carbonyl (C=O) groups is 5. The number of hydroxylamine groups is 1. The molecule has 0 saturated carbocycles. The van der Waals surface area contributed by atoms with Gasteiger partial charge in [0.2, 0.25) is 23.6 Å². The molecule has 2 rings (SSSR count). The number of benzene rings is 1. The molecule has 0 aliphatic carbocycles. The summed E-state index contributed by atoms with van der Waals surface area (Å²) >= 11 is 0. The Morgan fingerprint density at radius 2 is 1.62 bits per heavy atom. The quantitative estimate of drug-likeness (QED) is 0.345. The van der Waals surface area contributed by atoms with Crippen molar-refractivity contribution in [2.24, 2.45) is 11.8 Å². The maximum absolute atomic E-state index is 12.5. The van der Waals surface area contributed by atoms with Crippen LogP contribution in [-0.4, -0.2) is 53.4 Å². The van der Waals surface area contributed by atoms with E-state index in [4.69, 9.17) is 4.84 Å². The van der Waals surface area contributed by atoms with Crippen LogP contribution in [0.4, 0.5) is 5.69 Å². The van der Waals surface area contributed by atoms with Crippen molar-refractivity contribution < 1.29 is 28.8 Å². The Bertz CT molecular complexity index is 939. The number of rotatable bonds is 13. The zero-order chi connectivity index (χ0) is 27.4. The highest BCUT2D eigenvalue weighted by atomic mass is 16.6. The zero-order valence-electron chi connectivity index (χ0n) is 22.3. The third kappa shape index (κ3) is 10.7. The fourth-order valence-electron chi connectivity index (χ4n) is 4.04. The monoisotopic (exact) mass is 516 g/mol. The predicted octanol–water partition coefficient (Wildman–Crippen LogP) is 2.72. The molecular weight excluding hydrogens is 476 g/mol. The minimum absolute atomic E-state index is 0.00727. The molecule has 1 aromatic rings. The minimum atomic E-state index is -0.780. The van der Waals surface area contributed by atoms with Crippen molar-refractivity contribution in [3.63, 3.8) is 0 Å². The molecule has 10 heteroatoms. The molecule has 1 aromatic carbocycles. The Morgan fingerprint density at radius 1 is 0.973 bits per heavy atom. The molecule has 0 radical (unpaired) electrons. The molecular formula is C27H40N4O6. The fraction of sp³-hybridized carbons (Fsp3) is 0.593. The molecule has 10 nitrogen and oxygen atoms in total. The normalized spacial score (nSPS) is 14.7. The standard InChI is InChI=1S/C27H40N4O6/c1-5-23(32)21-12-14-31(15-13-21)26(35)11-10-24(33)28-19(4)27(36)29-22-8-6-20(7-9-22)17-37-30-25(34)16-18(2)3/h6-9,18-19,21H,5,10-17H2,1-4H3,(H,28,33)(H,29,36)(H,30,34)/t19-/m0/s1. The van der Waals surface area contributed by atoms with Gasteiger partial charge in [-0.15, -0.1) is 0 Å². The molecule has 37 heavy (non-hydrogen) atoms. The van der Waals surface area contributed by atoms with Crippen LogP contribution < -0.4 is 16.1 Å². The van der Waals surface area contributed by atoms with Gasteiger partial charge in [-0.05, 0) is 43.4 Å². The Hall–Kier alpha value is -3.27. The average Bonchev–Trinajstić information content (AvgIpc) is 2.87. The number of carbonyl (C=O) groups excluding carboxylic acids is 5. The third-order valence-corrected chi connectivity index (χ3v) is 6.23. The first kappa shape index (κ1) is 30.0. The van der Waals surface area contributed by atoms with Gasteiger partial charge in [-0.1, -0.05) is 32.9 Å². The van der Waals surface area contributed by atoms with Crippen LogP contribution in [0.1, 0.15) is 71.8 Å². The van der Waals surface area contributed by atoms with E-state index < -0.39 is 6.04 Å². The maximum atomic E-state index is 12.5. The van der Waals surface area contributed by atoms with E-state index in [2.05, 4.69) is 16.1 Å². The van der Waals surface area contributed by atoms with Crippen molar-refractivity contribution in [2.45, 2.75) is 78.9 Å². The van der Waals surface area contributed by atoms with Crippen LogP contribution >= 0.6 is 0 Å². The van der Waals surface area contributed by atoms with Crippen molar-refractivity contribution in [3.8, 4) is 0 Å². The number of Topliss-reactive ketones (excluding diaryl/α,β-unsaturated/α-hetero) is 1. The second kappa shape index (κ2) is 15.1. The van der Waals surface area contributed by atoms with E-state index in [0.717, 1.165) is 5.56 Å². The van der Waals surface area contributed by atoms with Crippen LogP contribution in [0, 0.1) is 11.8 Å². The molecule has 1 heterocycles. The number of anilines is 1. The molecule has 204 valence electrons. The highest BCUT2D eigenvalue weighted by Gasteiger charge is 2.26. The third-order valence-electron chi connectivity index (χ3n) is 6.23. The van der Waals surface area contributed by atoms with Gasteiger partial charge < -0.3 is 15.5 Å². The molecule has 1 fully saturated rings. The lowest BCUT2D eigenvalue weighted by Gasteiger charge is -2.31. The summed E-state index contributed by atoms with van der Waals surface area (Å²) in [5.74, 6) is -0.531. The smallest absolute Gasteiger partial charge is 0.246 e. The van der Waals surface area contributed by atoms with Crippen molar-refractivity contribution in [2.75, 3.05) is 18.4 Å². The first-order valence-corrected chi connectivity index (χ1v) is 13.0. The van der Waals surface area contributed by atoms with Crippen LogP contribution in [-0.2, 0) is 35.4 Å². The number of hydrogen-bond donors (Lipinski definition) is 3. The molecule has 1 atom stereocenters. The van der Waals surface area contributed by atoms with E-state index in [0.29, 0.717) is 44.5 Å². The molecule has 4 amide bonds. The van der Waals surface area contributed by atoms with Crippen LogP contribution in [0.15, 0.2) is 24.3 Å². The topological polar surface area (TPSA) is 134 Å². The predicted molar refractivity (Wildman–Crippen MR) is 139 cm³/mol. The highest BCUT2D eigenvalue weighted by molar-refractivity contribution is 5.97. The molecule has 1 saturated heterocycles. The first-order valence-electron chi connectivity index (χ1n) is 13.0. The van der Waals surface area contributed by atoms with Crippen LogP contribution in [0.25, 0.3) is 0 Å². The van der Waals surface area contributed by atoms with Gasteiger partial charge in [0.15, 0.2) is 0 Å². The average molecular weight is 517 g/mol. The lowest BCUT2D eigenvalue weighted by Crippen LogP contribution is -2.43. The number of hydrogen-bond acceptors (Lipinski definition) is 6. The van der Waals surface area contributed by atoms with Gasteiger partial charge in [0, 0.05) is 50.4 Å². The lowest BCUT2D eigenvalue weighted by atomic mass is 9.91. The van der Waals surface area contributed by atoms with Gasteiger partial charge in [0.05, 0.1) is 6.61 Å². The van der Waals surface area contributed by atoms with Gasteiger partial charge >= 0.3 is 0 Å². The van der Waals surface area contributed by atoms with Crippen molar-refractivity contribution in [3.05, 3.63) is 29.8 Å². The summed E-state index contributed by atoms with van der Waals surface area (Å²) in [5.41, 5.74) is 3.77. The summed E-state index contributed by atoms with van der Waals surface area (Å²) in [5, 5.41) is 5.36. The lowest BCUT2D eigenvalue weighted by molar-refractivity contribution is -0.136. The molecule has 1 aliphatic heterocycles. The first-order chi connectivity index (χ1) is 17.6. The Morgan fingerprint density at radius 3 is 2.22 bits per heavy atom. The SMILES string of the molecule is CCC(=O)C1CCN(C(=O)CCC(=O)N[C@@H](C)C(=O)Nc2ccc(CONC(=O)CC(C)C)cc2)CC1. The summed E-state index contributed by atoms with van der Waals surface area (Å²) in [4.78, 5) is 67.5.